The van der Waals surface area contributed by atoms with Crippen molar-refractivity contribution in [3.8, 4) is 5.75 Å². The number of likely N-dealkylation sites (tertiary alicyclic amines) is 1. The molecule has 190 valence electrons. The number of aromatic hydroxyl groups is 1. The van der Waals surface area contributed by atoms with Crippen molar-refractivity contribution < 1.29 is 15.0 Å². The minimum absolute atomic E-state index is 0.114. The maximum Gasteiger partial charge on any atom is 0.320 e. The van der Waals surface area contributed by atoms with Gasteiger partial charge in [0.15, 0.2) is 0 Å². The van der Waals surface area contributed by atoms with Crippen LogP contribution in [0.15, 0.2) is 18.2 Å². The molecule has 4 atom stereocenters. The van der Waals surface area contributed by atoms with Crippen LogP contribution < -0.4 is 5.73 Å². The molecular formula is C28H45N3O3. The monoisotopic (exact) mass is 471 g/mol. The van der Waals surface area contributed by atoms with Gasteiger partial charge in [0.1, 0.15) is 11.8 Å². The van der Waals surface area contributed by atoms with Crippen molar-refractivity contribution in [3.63, 3.8) is 0 Å². The number of carboxylic acid groups (broad SMARTS) is 1. The van der Waals surface area contributed by atoms with Crippen molar-refractivity contribution >= 4 is 5.97 Å². The van der Waals surface area contributed by atoms with Crippen LogP contribution in [0.5, 0.6) is 5.75 Å². The van der Waals surface area contributed by atoms with Gasteiger partial charge < -0.3 is 15.9 Å². The Morgan fingerprint density at radius 3 is 2.76 bits per heavy atom. The van der Waals surface area contributed by atoms with Crippen LogP contribution >= 0.6 is 0 Å². The molecule has 1 aromatic carbocycles. The molecule has 1 saturated carbocycles. The van der Waals surface area contributed by atoms with Crippen molar-refractivity contribution in [1.29, 1.82) is 0 Å². The first kappa shape index (κ1) is 25.5. The van der Waals surface area contributed by atoms with E-state index in [1.807, 2.05) is 24.1 Å². The zero-order valence-electron chi connectivity index (χ0n) is 21.2. The van der Waals surface area contributed by atoms with Crippen LogP contribution in [0.4, 0.5) is 0 Å². The maximum absolute atomic E-state index is 11.8. The Labute approximate surface area is 205 Å². The summed E-state index contributed by atoms with van der Waals surface area (Å²) in [5.41, 5.74) is 8.50. The predicted octanol–water partition coefficient (Wildman–Crippen LogP) is 3.99. The molecule has 2 bridgehead atoms. The van der Waals surface area contributed by atoms with Crippen LogP contribution in [-0.4, -0.2) is 71.3 Å². The molecule has 0 aromatic heterocycles. The lowest BCUT2D eigenvalue weighted by atomic mass is 9.56. The second-order valence-corrected chi connectivity index (χ2v) is 11.3. The number of unbranched alkanes of at least 4 members (excludes halogenated alkanes) is 2. The molecule has 2 aliphatic carbocycles. The standard InChI is InChI=1S/C28H45N3O3/c1-20-26-17-22-10-11-23(32)18-24(22)28(20,13-16-31(26)19-21-8-9-21)12-4-6-15-30(2)25(27(33)34)7-3-5-14-29/h10-11,18,20-21,25-26,32H,3-9,12-17,19,29H2,1-2H3,(H,33,34)/t20-,25?,26+,28+/m0/s1. The molecule has 0 radical (unpaired) electrons. The quantitative estimate of drug-likeness (QED) is 0.377. The van der Waals surface area contributed by atoms with Gasteiger partial charge in [-0.15, -0.1) is 0 Å². The molecule has 1 aliphatic heterocycles. The molecule has 3 aliphatic rings. The largest absolute Gasteiger partial charge is 0.508 e. The van der Waals surface area contributed by atoms with Gasteiger partial charge >= 0.3 is 5.97 Å². The molecule has 1 heterocycles. The Hall–Kier alpha value is -1.63. The zero-order valence-corrected chi connectivity index (χ0v) is 21.2. The number of rotatable bonds is 13. The maximum atomic E-state index is 11.8. The van der Waals surface area contributed by atoms with E-state index in [1.165, 1.54) is 30.5 Å². The number of phenolic OH excluding ortho intramolecular Hbond substituents is 1. The molecule has 1 unspecified atom stereocenters. The number of benzene rings is 1. The summed E-state index contributed by atoms with van der Waals surface area (Å²) in [6.07, 6.45) is 10.6. The highest BCUT2D eigenvalue weighted by Gasteiger charge is 2.51. The fourth-order valence-electron chi connectivity index (χ4n) is 6.86. The number of nitrogens with two attached hydrogens (primary N) is 1. The number of piperidine rings is 1. The topological polar surface area (TPSA) is 90.0 Å². The molecular weight excluding hydrogens is 426 g/mol. The van der Waals surface area contributed by atoms with Gasteiger partial charge in [0.05, 0.1) is 0 Å². The van der Waals surface area contributed by atoms with Crippen LogP contribution in [-0.2, 0) is 16.6 Å². The highest BCUT2D eigenvalue weighted by molar-refractivity contribution is 5.73. The van der Waals surface area contributed by atoms with Crippen LogP contribution in [0.25, 0.3) is 0 Å². The number of carboxylic acids is 1. The van der Waals surface area contributed by atoms with E-state index in [1.54, 1.807) is 0 Å². The van der Waals surface area contributed by atoms with Crippen molar-refractivity contribution in [2.45, 2.75) is 88.6 Å². The second-order valence-electron chi connectivity index (χ2n) is 11.3. The highest BCUT2D eigenvalue weighted by atomic mass is 16.4. The normalized spacial score (nSPS) is 27.5. The zero-order chi connectivity index (χ0) is 24.3. The van der Waals surface area contributed by atoms with E-state index in [0.29, 0.717) is 30.7 Å². The number of hydrogen-bond donors (Lipinski definition) is 3. The minimum Gasteiger partial charge on any atom is -0.508 e. The first-order valence-corrected chi connectivity index (χ1v) is 13.5. The van der Waals surface area contributed by atoms with E-state index < -0.39 is 12.0 Å². The fraction of sp³-hybridized carbons (Fsp3) is 0.750. The molecule has 2 fully saturated rings. The number of aliphatic carboxylic acids is 1. The van der Waals surface area contributed by atoms with E-state index in [2.05, 4.69) is 17.9 Å². The van der Waals surface area contributed by atoms with Crippen LogP contribution in [0.2, 0.25) is 0 Å². The lowest BCUT2D eigenvalue weighted by Crippen LogP contribution is -2.59. The SMILES string of the molecule is C[C@H]1[C@H]2Cc3ccc(O)cc3[C@]1(CCCCN(C)C(CCCCN)C(=O)O)CCN2CC1CC1. The smallest absolute Gasteiger partial charge is 0.320 e. The van der Waals surface area contributed by atoms with Gasteiger partial charge in [0.2, 0.25) is 0 Å². The van der Waals surface area contributed by atoms with Crippen LogP contribution in [0.1, 0.15) is 75.8 Å². The molecule has 6 heteroatoms. The van der Waals surface area contributed by atoms with Gasteiger partial charge in [0.25, 0.3) is 0 Å². The van der Waals surface area contributed by atoms with Gasteiger partial charge in [0, 0.05) is 18.0 Å². The molecule has 34 heavy (non-hydrogen) atoms. The number of hydrogen-bond acceptors (Lipinski definition) is 5. The number of nitrogens with zero attached hydrogens (tertiary/aromatic N) is 2. The van der Waals surface area contributed by atoms with Crippen molar-refractivity contribution in [1.82, 2.24) is 9.80 Å². The Morgan fingerprint density at radius 1 is 1.26 bits per heavy atom. The molecule has 4 rings (SSSR count). The number of carbonyl (C=O) groups is 1. The summed E-state index contributed by atoms with van der Waals surface area (Å²) in [7, 11) is 1.95. The third-order valence-electron chi connectivity index (χ3n) is 9.14. The first-order valence-electron chi connectivity index (χ1n) is 13.5. The second kappa shape index (κ2) is 11.0. The van der Waals surface area contributed by atoms with E-state index >= 15 is 0 Å². The van der Waals surface area contributed by atoms with Crippen molar-refractivity contribution in [2.75, 3.05) is 33.2 Å². The number of fused-ring (bicyclic) bond motifs is 4. The Kier molecular flexibility index (Phi) is 8.21. The summed E-state index contributed by atoms with van der Waals surface area (Å²) in [6.45, 7) is 6.27. The molecule has 1 aromatic rings. The molecule has 1 saturated heterocycles. The van der Waals surface area contributed by atoms with E-state index in [0.717, 1.165) is 64.0 Å². The molecule has 4 N–H and O–H groups in total. The summed E-state index contributed by atoms with van der Waals surface area (Å²) in [6, 6.07) is 6.22. The van der Waals surface area contributed by atoms with Crippen molar-refractivity contribution in [3.05, 3.63) is 29.3 Å². The average Bonchev–Trinajstić information content (AvgIpc) is 3.62. The van der Waals surface area contributed by atoms with Gasteiger partial charge in [-0.05, 0) is 113 Å². The predicted molar refractivity (Wildman–Crippen MR) is 136 cm³/mol. The van der Waals surface area contributed by atoms with Gasteiger partial charge in [-0.1, -0.05) is 25.8 Å². The highest BCUT2D eigenvalue weighted by Crippen LogP contribution is 2.52. The molecule has 0 spiro atoms. The Morgan fingerprint density at radius 2 is 2.06 bits per heavy atom. The van der Waals surface area contributed by atoms with Gasteiger partial charge in [-0.3, -0.25) is 14.6 Å². The van der Waals surface area contributed by atoms with E-state index in [4.69, 9.17) is 5.73 Å². The summed E-state index contributed by atoms with van der Waals surface area (Å²) in [5, 5.41) is 20.0. The third kappa shape index (κ3) is 5.44. The summed E-state index contributed by atoms with van der Waals surface area (Å²) in [4.78, 5) is 16.6. The Bertz CT molecular complexity index is 842. The van der Waals surface area contributed by atoms with Gasteiger partial charge in [-0.2, -0.15) is 0 Å². The van der Waals surface area contributed by atoms with E-state index in [9.17, 15) is 15.0 Å². The van der Waals surface area contributed by atoms with Crippen LogP contribution in [0, 0.1) is 11.8 Å². The summed E-state index contributed by atoms with van der Waals surface area (Å²) in [5.74, 6) is 1.12. The number of likely N-dealkylation sites (N-methyl/N-ethyl adjacent to an activating group) is 1. The minimum atomic E-state index is -0.728. The van der Waals surface area contributed by atoms with Crippen molar-refractivity contribution in [2.24, 2.45) is 17.6 Å². The van der Waals surface area contributed by atoms with Gasteiger partial charge in [-0.25, -0.2) is 0 Å². The molecule has 0 amide bonds. The summed E-state index contributed by atoms with van der Waals surface area (Å²) < 4.78 is 0. The lowest BCUT2D eigenvalue weighted by molar-refractivity contribution is -0.143. The summed E-state index contributed by atoms with van der Waals surface area (Å²) >= 11 is 0. The molecule has 6 nitrogen and oxygen atoms in total. The van der Waals surface area contributed by atoms with Crippen LogP contribution in [0.3, 0.4) is 0 Å². The lowest BCUT2D eigenvalue weighted by Gasteiger charge is -2.56. The first-order chi connectivity index (χ1) is 16.4. The third-order valence-corrected chi connectivity index (χ3v) is 9.14. The fourth-order valence-corrected chi connectivity index (χ4v) is 6.86. The van der Waals surface area contributed by atoms with E-state index in [-0.39, 0.29) is 5.41 Å². The number of phenols is 1. The Balaban J connectivity index is 1.41. The average molecular weight is 472 g/mol.